The standard InChI is InChI=1S/C23H20ClFN2O2S/c1-23(2,28)22-13-18(27(26-22)17-7-5-4-6-16(17)24)21-11-10-20(30-21)15-12-14(25)8-9-19(15)29-3/h4-13,28H,1-3H3. The molecule has 0 saturated carbocycles. The lowest BCUT2D eigenvalue weighted by Crippen LogP contribution is -2.16. The first kappa shape index (κ1) is 20.6. The van der Waals surface area contributed by atoms with Crippen LogP contribution in [0.5, 0.6) is 5.75 Å². The van der Waals surface area contributed by atoms with Crippen LogP contribution in [-0.4, -0.2) is 22.0 Å². The van der Waals surface area contributed by atoms with Crippen molar-refractivity contribution >= 4 is 22.9 Å². The Morgan fingerprint density at radius 1 is 1.07 bits per heavy atom. The number of methoxy groups -OCH3 is 1. The van der Waals surface area contributed by atoms with Crippen LogP contribution >= 0.6 is 22.9 Å². The van der Waals surface area contributed by atoms with Crippen LogP contribution in [0.3, 0.4) is 0 Å². The van der Waals surface area contributed by atoms with E-state index in [1.807, 2.05) is 36.4 Å². The molecular formula is C23H20ClFN2O2S. The lowest BCUT2D eigenvalue weighted by atomic mass is 10.1. The van der Waals surface area contributed by atoms with E-state index in [-0.39, 0.29) is 5.82 Å². The Kier molecular flexibility index (Phi) is 5.40. The van der Waals surface area contributed by atoms with Crippen molar-refractivity contribution in [3.8, 4) is 32.4 Å². The van der Waals surface area contributed by atoms with Crippen LogP contribution in [0.2, 0.25) is 5.02 Å². The van der Waals surface area contributed by atoms with Crippen LogP contribution < -0.4 is 4.74 Å². The highest BCUT2D eigenvalue weighted by atomic mass is 35.5. The minimum atomic E-state index is -1.12. The summed E-state index contributed by atoms with van der Waals surface area (Å²) in [7, 11) is 1.56. The van der Waals surface area contributed by atoms with Crippen molar-refractivity contribution in [3.63, 3.8) is 0 Å². The molecule has 1 N–H and O–H groups in total. The van der Waals surface area contributed by atoms with Gasteiger partial charge in [-0.15, -0.1) is 11.3 Å². The Morgan fingerprint density at radius 2 is 1.80 bits per heavy atom. The van der Waals surface area contributed by atoms with Gasteiger partial charge in [0.05, 0.1) is 34.1 Å². The van der Waals surface area contributed by atoms with E-state index in [4.69, 9.17) is 16.3 Å². The molecule has 7 heteroatoms. The fourth-order valence-electron chi connectivity index (χ4n) is 3.16. The first-order chi connectivity index (χ1) is 14.3. The molecule has 0 atom stereocenters. The number of thiophene rings is 1. The normalized spacial score (nSPS) is 11.7. The average Bonchev–Trinajstić information content (AvgIpc) is 3.35. The largest absolute Gasteiger partial charge is 0.496 e. The molecule has 0 amide bonds. The van der Waals surface area contributed by atoms with Crippen LogP contribution in [0.25, 0.3) is 26.7 Å². The Bertz CT molecular complexity index is 1210. The smallest absolute Gasteiger partial charge is 0.127 e. The fraction of sp³-hybridized carbons (Fsp3) is 0.174. The van der Waals surface area contributed by atoms with Gasteiger partial charge in [0.2, 0.25) is 0 Å². The summed E-state index contributed by atoms with van der Waals surface area (Å²) in [5.74, 6) is 0.271. The molecule has 4 nitrogen and oxygen atoms in total. The lowest BCUT2D eigenvalue weighted by molar-refractivity contribution is 0.0734. The number of ether oxygens (including phenoxy) is 1. The summed E-state index contributed by atoms with van der Waals surface area (Å²) in [6.45, 7) is 3.38. The lowest BCUT2D eigenvalue weighted by Gasteiger charge is -2.13. The van der Waals surface area contributed by atoms with Crippen LogP contribution in [-0.2, 0) is 5.60 Å². The summed E-state index contributed by atoms with van der Waals surface area (Å²) >= 11 is 7.91. The molecule has 0 aliphatic carbocycles. The zero-order valence-electron chi connectivity index (χ0n) is 16.7. The number of para-hydroxylation sites is 1. The quantitative estimate of drug-likeness (QED) is 0.394. The van der Waals surface area contributed by atoms with Gasteiger partial charge in [-0.1, -0.05) is 23.7 Å². The van der Waals surface area contributed by atoms with Crippen molar-refractivity contribution in [2.75, 3.05) is 7.11 Å². The summed E-state index contributed by atoms with van der Waals surface area (Å²) in [6.07, 6.45) is 0. The Morgan fingerprint density at radius 3 is 2.50 bits per heavy atom. The Labute approximate surface area is 183 Å². The van der Waals surface area contributed by atoms with E-state index in [2.05, 4.69) is 5.10 Å². The number of halogens is 2. The Balaban J connectivity index is 1.87. The molecule has 0 aliphatic rings. The van der Waals surface area contributed by atoms with Crippen LogP contribution in [0.4, 0.5) is 4.39 Å². The highest BCUT2D eigenvalue weighted by molar-refractivity contribution is 7.18. The van der Waals surface area contributed by atoms with Crippen LogP contribution in [0.15, 0.2) is 60.7 Å². The SMILES string of the molecule is COc1ccc(F)cc1-c1ccc(-c2cc(C(C)(C)O)nn2-c2ccccc2Cl)s1. The maximum atomic E-state index is 13.9. The van der Waals surface area contributed by atoms with Gasteiger partial charge in [0.15, 0.2) is 0 Å². The Hall–Kier alpha value is -2.67. The second kappa shape index (κ2) is 7.87. The molecule has 0 fully saturated rings. The third-order valence-electron chi connectivity index (χ3n) is 4.70. The molecule has 2 heterocycles. The van der Waals surface area contributed by atoms with Crippen molar-refractivity contribution in [2.24, 2.45) is 0 Å². The predicted octanol–water partition coefficient (Wildman–Crippen LogP) is 6.30. The highest BCUT2D eigenvalue weighted by Gasteiger charge is 2.24. The van der Waals surface area contributed by atoms with Crippen LogP contribution in [0.1, 0.15) is 19.5 Å². The third-order valence-corrected chi connectivity index (χ3v) is 6.16. The van der Waals surface area contributed by atoms with E-state index in [1.165, 1.54) is 23.5 Å². The number of benzene rings is 2. The molecule has 154 valence electrons. The van der Waals surface area contributed by atoms with E-state index in [1.54, 1.807) is 37.8 Å². The van der Waals surface area contributed by atoms with E-state index >= 15 is 0 Å². The van der Waals surface area contributed by atoms with Gasteiger partial charge in [-0.3, -0.25) is 0 Å². The molecule has 0 saturated heterocycles. The molecule has 4 rings (SSSR count). The summed E-state index contributed by atoms with van der Waals surface area (Å²) in [4.78, 5) is 1.76. The molecule has 2 aromatic heterocycles. The molecule has 30 heavy (non-hydrogen) atoms. The van der Waals surface area contributed by atoms with E-state index in [0.717, 1.165) is 15.4 Å². The zero-order chi connectivity index (χ0) is 21.5. The average molecular weight is 443 g/mol. The summed E-state index contributed by atoms with van der Waals surface area (Å²) in [5.41, 5.74) is 1.58. The first-order valence-corrected chi connectivity index (χ1v) is 10.5. The van der Waals surface area contributed by atoms with Crippen molar-refractivity contribution in [3.05, 3.63) is 77.2 Å². The van der Waals surface area contributed by atoms with Crippen molar-refractivity contribution in [1.82, 2.24) is 9.78 Å². The van der Waals surface area contributed by atoms with E-state index in [0.29, 0.717) is 27.7 Å². The number of hydrogen-bond donors (Lipinski definition) is 1. The molecular weight excluding hydrogens is 423 g/mol. The van der Waals surface area contributed by atoms with Gasteiger partial charge in [0.25, 0.3) is 0 Å². The third kappa shape index (κ3) is 3.86. The van der Waals surface area contributed by atoms with Crippen molar-refractivity contribution < 1.29 is 14.2 Å². The first-order valence-electron chi connectivity index (χ1n) is 9.30. The molecule has 2 aromatic carbocycles. The predicted molar refractivity (Wildman–Crippen MR) is 119 cm³/mol. The van der Waals surface area contributed by atoms with Crippen molar-refractivity contribution in [2.45, 2.75) is 19.4 Å². The van der Waals surface area contributed by atoms with Crippen LogP contribution in [0, 0.1) is 5.82 Å². The molecule has 0 bridgehead atoms. The minimum absolute atomic E-state index is 0.328. The van der Waals surface area contributed by atoms with Gasteiger partial charge in [-0.05, 0) is 62.4 Å². The summed E-state index contributed by atoms with van der Waals surface area (Å²) in [6, 6.07) is 17.6. The van der Waals surface area contributed by atoms with E-state index < -0.39 is 5.60 Å². The second-order valence-electron chi connectivity index (χ2n) is 7.35. The fourth-order valence-corrected chi connectivity index (χ4v) is 4.40. The molecule has 0 spiro atoms. The molecule has 0 radical (unpaired) electrons. The number of aliphatic hydroxyl groups is 1. The van der Waals surface area contributed by atoms with Gasteiger partial charge in [0, 0.05) is 10.4 Å². The number of hydrogen-bond acceptors (Lipinski definition) is 4. The van der Waals surface area contributed by atoms with Crippen molar-refractivity contribution in [1.29, 1.82) is 0 Å². The minimum Gasteiger partial charge on any atom is -0.496 e. The zero-order valence-corrected chi connectivity index (χ0v) is 18.3. The van der Waals surface area contributed by atoms with Gasteiger partial charge >= 0.3 is 0 Å². The monoisotopic (exact) mass is 442 g/mol. The van der Waals surface area contributed by atoms with Gasteiger partial charge in [0.1, 0.15) is 17.2 Å². The number of rotatable bonds is 5. The van der Waals surface area contributed by atoms with Gasteiger partial charge < -0.3 is 9.84 Å². The second-order valence-corrected chi connectivity index (χ2v) is 8.84. The number of nitrogens with zero attached hydrogens (tertiary/aromatic N) is 2. The summed E-state index contributed by atoms with van der Waals surface area (Å²) in [5, 5.41) is 15.7. The molecule has 0 unspecified atom stereocenters. The molecule has 0 aliphatic heterocycles. The maximum Gasteiger partial charge on any atom is 0.127 e. The maximum absolute atomic E-state index is 13.9. The highest BCUT2D eigenvalue weighted by Crippen LogP contribution is 2.40. The topological polar surface area (TPSA) is 47.3 Å². The van der Waals surface area contributed by atoms with Gasteiger partial charge in [-0.2, -0.15) is 5.10 Å². The van der Waals surface area contributed by atoms with E-state index in [9.17, 15) is 9.50 Å². The number of aromatic nitrogens is 2. The summed E-state index contributed by atoms with van der Waals surface area (Å²) < 4.78 is 21.0. The van der Waals surface area contributed by atoms with Gasteiger partial charge in [-0.25, -0.2) is 9.07 Å². The molecule has 4 aromatic rings.